The van der Waals surface area contributed by atoms with E-state index in [1.165, 1.54) is 36.9 Å². The molecule has 0 atom stereocenters. The fourth-order valence-corrected chi connectivity index (χ4v) is 3.17. The van der Waals surface area contributed by atoms with E-state index in [9.17, 15) is 0 Å². The van der Waals surface area contributed by atoms with Gasteiger partial charge in [0.2, 0.25) is 0 Å². The summed E-state index contributed by atoms with van der Waals surface area (Å²) in [5.74, 6) is 0. The Morgan fingerprint density at radius 2 is 1.60 bits per heavy atom. The summed E-state index contributed by atoms with van der Waals surface area (Å²) in [4.78, 5) is 4.55. The standard InChI is InChI=1S/C17H29N3/c1-19(2)16-9-7-15(8-10-16)13-18-14-17(20(3)4)11-5-6-12-17/h7-10,18H,5-6,11-14H2,1-4H3. The lowest BCUT2D eigenvalue weighted by Gasteiger charge is -2.36. The van der Waals surface area contributed by atoms with Crippen LogP contribution in [0.1, 0.15) is 31.2 Å². The van der Waals surface area contributed by atoms with Crippen molar-refractivity contribution in [3.8, 4) is 0 Å². The van der Waals surface area contributed by atoms with Gasteiger partial charge in [-0.1, -0.05) is 25.0 Å². The maximum absolute atomic E-state index is 3.66. The molecular formula is C17H29N3. The van der Waals surface area contributed by atoms with Crippen molar-refractivity contribution in [1.82, 2.24) is 10.2 Å². The van der Waals surface area contributed by atoms with Crippen molar-refractivity contribution < 1.29 is 0 Å². The number of hydrogen-bond donors (Lipinski definition) is 1. The van der Waals surface area contributed by atoms with Crippen LogP contribution >= 0.6 is 0 Å². The van der Waals surface area contributed by atoms with Crippen molar-refractivity contribution in [3.05, 3.63) is 29.8 Å². The van der Waals surface area contributed by atoms with Gasteiger partial charge >= 0.3 is 0 Å². The van der Waals surface area contributed by atoms with E-state index in [1.807, 2.05) is 0 Å². The predicted molar refractivity (Wildman–Crippen MR) is 87.4 cm³/mol. The van der Waals surface area contributed by atoms with E-state index in [1.54, 1.807) is 0 Å². The van der Waals surface area contributed by atoms with E-state index in [0.717, 1.165) is 13.1 Å². The SMILES string of the molecule is CN(C)c1ccc(CNCC2(N(C)C)CCCC2)cc1. The van der Waals surface area contributed by atoms with Crippen LogP contribution in [0.3, 0.4) is 0 Å². The summed E-state index contributed by atoms with van der Waals surface area (Å²) >= 11 is 0. The van der Waals surface area contributed by atoms with E-state index < -0.39 is 0 Å². The second-order valence-corrected chi connectivity index (χ2v) is 6.49. The van der Waals surface area contributed by atoms with Crippen molar-refractivity contribution in [1.29, 1.82) is 0 Å². The van der Waals surface area contributed by atoms with E-state index in [-0.39, 0.29) is 0 Å². The number of likely N-dealkylation sites (N-methyl/N-ethyl adjacent to an activating group) is 1. The van der Waals surface area contributed by atoms with Crippen LogP contribution in [0.4, 0.5) is 5.69 Å². The minimum Gasteiger partial charge on any atom is -0.378 e. The van der Waals surface area contributed by atoms with Gasteiger partial charge in [-0.3, -0.25) is 0 Å². The number of hydrogen-bond acceptors (Lipinski definition) is 3. The number of benzene rings is 1. The van der Waals surface area contributed by atoms with Crippen molar-refractivity contribution in [2.45, 2.75) is 37.8 Å². The summed E-state index contributed by atoms with van der Waals surface area (Å²) in [7, 11) is 8.60. The Morgan fingerprint density at radius 3 is 2.10 bits per heavy atom. The van der Waals surface area contributed by atoms with Crippen molar-refractivity contribution in [2.75, 3.05) is 39.6 Å². The van der Waals surface area contributed by atoms with Gasteiger partial charge in [0.25, 0.3) is 0 Å². The highest BCUT2D eigenvalue weighted by Crippen LogP contribution is 2.33. The monoisotopic (exact) mass is 275 g/mol. The number of rotatable bonds is 6. The third-order valence-corrected chi connectivity index (χ3v) is 4.72. The Kier molecular flexibility index (Phi) is 5.06. The molecule has 20 heavy (non-hydrogen) atoms. The van der Waals surface area contributed by atoms with Gasteiger partial charge in [-0.25, -0.2) is 0 Å². The van der Waals surface area contributed by atoms with Gasteiger partial charge < -0.3 is 15.1 Å². The number of nitrogens with one attached hydrogen (secondary N) is 1. The molecule has 0 spiro atoms. The molecule has 0 aliphatic heterocycles. The van der Waals surface area contributed by atoms with Crippen LogP contribution in [-0.2, 0) is 6.54 Å². The van der Waals surface area contributed by atoms with E-state index >= 15 is 0 Å². The molecule has 0 unspecified atom stereocenters. The predicted octanol–water partition coefficient (Wildman–Crippen LogP) is 2.72. The smallest absolute Gasteiger partial charge is 0.0361 e. The summed E-state index contributed by atoms with van der Waals surface area (Å²) in [5, 5.41) is 3.66. The molecule has 2 rings (SSSR count). The van der Waals surface area contributed by atoms with Gasteiger partial charge in [-0.15, -0.1) is 0 Å². The topological polar surface area (TPSA) is 18.5 Å². The maximum atomic E-state index is 3.66. The molecule has 0 heterocycles. The molecule has 112 valence electrons. The molecule has 1 saturated carbocycles. The van der Waals surface area contributed by atoms with E-state index in [4.69, 9.17) is 0 Å². The maximum Gasteiger partial charge on any atom is 0.0361 e. The molecule has 1 aromatic carbocycles. The average Bonchev–Trinajstić information content (AvgIpc) is 2.89. The third kappa shape index (κ3) is 3.53. The summed E-state index contributed by atoms with van der Waals surface area (Å²) in [6.45, 7) is 2.05. The van der Waals surface area contributed by atoms with Crippen molar-refractivity contribution in [3.63, 3.8) is 0 Å². The molecule has 1 fully saturated rings. The highest BCUT2D eigenvalue weighted by atomic mass is 15.2. The Labute approximate surface area is 124 Å². The molecule has 0 aromatic heterocycles. The summed E-state index contributed by atoms with van der Waals surface area (Å²) in [6, 6.07) is 8.82. The molecular weight excluding hydrogens is 246 g/mol. The molecule has 1 N–H and O–H groups in total. The second kappa shape index (κ2) is 6.59. The zero-order valence-electron chi connectivity index (χ0n) is 13.4. The van der Waals surface area contributed by atoms with Crippen LogP contribution in [0.5, 0.6) is 0 Å². The first-order chi connectivity index (χ1) is 9.53. The first kappa shape index (κ1) is 15.3. The molecule has 3 heteroatoms. The molecule has 1 aliphatic carbocycles. The summed E-state index contributed by atoms with van der Waals surface area (Å²) < 4.78 is 0. The fraction of sp³-hybridized carbons (Fsp3) is 0.647. The highest BCUT2D eigenvalue weighted by Gasteiger charge is 2.35. The lowest BCUT2D eigenvalue weighted by Crippen LogP contribution is -2.49. The molecule has 1 aliphatic rings. The van der Waals surface area contributed by atoms with Crippen LogP contribution in [0.15, 0.2) is 24.3 Å². The molecule has 3 nitrogen and oxygen atoms in total. The quantitative estimate of drug-likeness (QED) is 0.861. The minimum absolute atomic E-state index is 0.379. The van der Waals surface area contributed by atoms with Crippen molar-refractivity contribution >= 4 is 5.69 Å². The minimum atomic E-state index is 0.379. The molecule has 0 amide bonds. The lowest BCUT2D eigenvalue weighted by molar-refractivity contribution is 0.153. The largest absolute Gasteiger partial charge is 0.378 e. The van der Waals surface area contributed by atoms with Crippen LogP contribution in [0.25, 0.3) is 0 Å². The summed E-state index contributed by atoms with van der Waals surface area (Å²) in [5.41, 5.74) is 3.00. The zero-order valence-corrected chi connectivity index (χ0v) is 13.4. The van der Waals surface area contributed by atoms with E-state index in [0.29, 0.717) is 5.54 Å². The van der Waals surface area contributed by atoms with Crippen LogP contribution in [0.2, 0.25) is 0 Å². The fourth-order valence-electron chi connectivity index (χ4n) is 3.17. The Morgan fingerprint density at radius 1 is 1.00 bits per heavy atom. The van der Waals surface area contributed by atoms with Gasteiger partial charge in [0.05, 0.1) is 0 Å². The lowest BCUT2D eigenvalue weighted by atomic mass is 9.96. The Bertz CT molecular complexity index is 403. The molecule has 0 saturated heterocycles. The third-order valence-electron chi connectivity index (χ3n) is 4.72. The summed E-state index contributed by atoms with van der Waals surface area (Å²) in [6.07, 6.45) is 5.40. The Balaban J connectivity index is 1.86. The number of anilines is 1. The Hall–Kier alpha value is -1.06. The normalized spacial score (nSPS) is 17.6. The van der Waals surface area contributed by atoms with Gasteiger partial charge in [0.15, 0.2) is 0 Å². The van der Waals surface area contributed by atoms with Crippen LogP contribution < -0.4 is 10.2 Å². The zero-order chi connectivity index (χ0) is 14.6. The van der Waals surface area contributed by atoms with Crippen LogP contribution in [-0.4, -0.2) is 45.2 Å². The number of nitrogens with zero attached hydrogens (tertiary/aromatic N) is 2. The van der Waals surface area contributed by atoms with E-state index in [2.05, 4.69) is 67.6 Å². The molecule has 0 radical (unpaired) electrons. The van der Waals surface area contributed by atoms with Gasteiger partial charge in [0.1, 0.15) is 0 Å². The second-order valence-electron chi connectivity index (χ2n) is 6.49. The highest BCUT2D eigenvalue weighted by molar-refractivity contribution is 5.45. The van der Waals surface area contributed by atoms with Gasteiger partial charge in [0, 0.05) is 38.4 Å². The molecule has 1 aromatic rings. The van der Waals surface area contributed by atoms with Gasteiger partial charge in [-0.2, -0.15) is 0 Å². The van der Waals surface area contributed by atoms with Crippen LogP contribution in [0, 0.1) is 0 Å². The average molecular weight is 275 g/mol. The molecule has 0 bridgehead atoms. The van der Waals surface area contributed by atoms with Gasteiger partial charge in [-0.05, 0) is 44.6 Å². The van der Waals surface area contributed by atoms with Crippen molar-refractivity contribution in [2.24, 2.45) is 0 Å². The first-order valence-corrected chi connectivity index (χ1v) is 7.68. The first-order valence-electron chi connectivity index (χ1n) is 7.68.